The Kier molecular flexibility index (Phi) is 4.78. The van der Waals surface area contributed by atoms with Gasteiger partial charge in [-0.1, -0.05) is 25.1 Å². The summed E-state index contributed by atoms with van der Waals surface area (Å²) in [5.74, 6) is 1.81. The number of nitrogens with zero attached hydrogens (tertiary/aromatic N) is 1. The highest BCUT2D eigenvalue weighted by atomic mass is 16.5. The van der Waals surface area contributed by atoms with Crippen LogP contribution in [-0.4, -0.2) is 11.5 Å². The first kappa shape index (κ1) is 13.4. The number of ether oxygens (including phenoxy) is 1. The van der Waals surface area contributed by atoms with Crippen LogP contribution in [0.4, 0.5) is 5.82 Å². The summed E-state index contributed by atoms with van der Waals surface area (Å²) >= 11 is 0. The molecule has 0 atom stereocenters. The van der Waals surface area contributed by atoms with Gasteiger partial charge in [0, 0.05) is 18.3 Å². The molecule has 1 N–H and O–H groups in total. The number of aryl methyl sites for hydroxylation is 1. The van der Waals surface area contributed by atoms with Gasteiger partial charge in [-0.15, -0.1) is 0 Å². The van der Waals surface area contributed by atoms with Crippen molar-refractivity contribution in [2.24, 2.45) is 0 Å². The quantitative estimate of drug-likeness (QED) is 0.856. The molecule has 0 fully saturated rings. The van der Waals surface area contributed by atoms with Gasteiger partial charge in [-0.05, 0) is 37.1 Å². The molecule has 0 aliphatic rings. The van der Waals surface area contributed by atoms with E-state index in [4.69, 9.17) is 4.74 Å². The number of rotatable bonds is 6. The zero-order valence-corrected chi connectivity index (χ0v) is 11.5. The lowest BCUT2D eigenvalue weighted by Gasteiger charge is -2.11. The summed E-state index contributed by atoms with van der Waals surface area (Å²) in [6.07, 6.45) is 2.81. The molecule has 1 heterocycles. The van der Waals surface area contributed by atoms with E-state index >= 15 is 0 Å². The van der Waals surface area contributed by atoms with Gasteiger partial charge in [0.05, 0.1) is 0 Å². The van der Waals surface area contributed by atoms with Gasteiger partial charge in [-0.3, -0.25) is 0 Å². The van der Waals surface area contributed by atoms with Crippen LogP contribution < -0.4 is 10.1 Å². The number of aromatic nitrogens is 1. The lowest BCUT2D eigenvalue weighted by atomic mass is 10.2. The summed E-state index contributed by atoms with van der Waals surface area (Å²) in [6.45, 7) is 5.59. The summed E-state index contributed by atoms with van der Waals surface area (Å²) in [6, 6.07) is 12.2. The Morgan fingerprint density at radius 1 is 1.16 bits per heavy atom. The number of pyridine rings is 1. The first-order chi connectivity index (χ1) is 9.33. The van der Waals surface area contributed by atoms with Crippen molar-refractivity contribution in [3.05, 3.63) is 53.7 Å². The maximum Gasteiger partial charge on any atom is 0.132 e. The Bertz CT molecular complexity index is 526. The Labute approximate surface area is 114 Å². The SMILES string of the molecule is CCNc1ncccc1COc1cccc(CC)c1. The lowest BCUT2D eigenvalue weighted by Crippen LogP contribution is -2.05. The van der Waals surface area contributed by atoms with E-state index in [1.54, 1.807) is 6.20 Å². The predicted molar refractivity (Wildman–Crippen MR) is 78.6 cm³/mol. The lowest BCUT2D eigenvalue weighted by molar-refractivity contribution is 0.306. The van der Waals surface area contributed by atoms with Crippen molar-refractivity contribution >= 4 is 5.82 Å². The Balaban J connectivity index is 2.05. The summed E-state index contributed by atoms with van der Waals surface area (Å²) in [4.78, 5) is 4.32. The molecule has 0 spiro atoms. The molecule has 0 saturated carbocycles. The van der Waals surface area contributed by atoms with Crippen molar-refractivity contribution in [2.75, 3.05) is 11.9 Å². The standard InChI is InChI=1S/C16H20N2O/c1-3-13-7-5-9-15(11-13)19-12-14-8-6-10-18-16(14)17-4-2/h5-11H,3-4,12H2,1-2H3,(H,17,18). The second kappa shape index (κ2) is 6.78. The van der Waals surface area contributed by atoms with Crippen LogP contribution in [0.3, 0.4) is 0 Å². The second-order valence-corrected chi connectivity index (χ2v) is 4.33. The monoisotopic (exact) mass is 256 g/mol. The second-order valence-electron chi connectivity index (χ2n) is 4.33. The fourth-order valence-corrected chi connectivity index (χ4v) is 1.90. The van der Waals surface area contributed by atoms with Crippen molar-refractivity contribution < 1.29 is 4.74 Å². The molecule has 2 rings (SSSR count). The molecule has 0 amide bonds. The molecule has 0 bridgehead atoms. The Hall–Kier alpha value is -2.03. The van der Waals surface area contributed by atoms with Gasteiger partial charge in [-0.2, -0.15) is 0 Å². The zero-order valence-electron chi connectivity index (χ0n) is 11.5. The van der Waals surface area contributed by atoms with E-state index in [9.17, 15) is 0 Å². The molecule has 19 heavy (non-hydrogen) atoms. The van der Waals surface area contributed by atoms with Gasteiger partial charge in [0.1, 0.15) is 18.2 Å². The summed E-state index contributed by atoms with van der Waals surface area (Å²) < 4.78 is 5.84. The summed E-state index contributed by atoms with van der Waals surface area (Å²) in [5, 5.41) is 3.24. The van der Waals surface area contributed by atoms with E-state index in [0.717, 1.165) is 30.1 Å². The topological polar surface area (TPSA) is 34.2 Å². The van der Waals surface area contributed by atoms with Crippen LogP contribution in [0.25, 0.3) is 0 Å². The largest absolute Gasteiger partial charge is 0.489 e. The first-order valence-electron chi connectivity index (χ1n) is 6.73. The van der Waals surface area contributed by atoms with Crippen LogP contribution in [-0.2, 0) is 13.0 Å². The van der Waals surface area contributed by atoms with Gasteiger partial charge in [0.25, 0.3) is 0 Å². The third kappa shape index (κ3) is 3.71. The summed E-state index contributed by atoms with van der Waals surface area (Å²) in [7, 11) is 0. The molecule has 3 heteroatoms. The van der Waals surface area contributed by atoms with Gasteiger partial charge in [0.2, 0.25) is 0 Å². The highest BCUT2D eigenvalue weighted by Crippen LogP contribution is 2.18. The smallest absolute Gasteiger partial charge is 0.132 e. The van der Waals surface area contributed by atoms with Crippen LogP contribution in [0, 0.1) is 0 Å². The molecular weight excluding hydrogens is 236 g/mol. The van der Waals surface area contributed by atoms with Crippen molar-refractivity contribution in [1.29, 1.82) is 0 Å². The molecule has 0 aliphatic carbocycles. The van der Waals surface area contributed by atoms with Crippen molar-refractivity contribution in [2.45, 2.75) is 26.9 Å². The number of anilines is 1. The molecule has 0 aliphatic heterocycles. The van der Waals surface area contributed by atoms with E-state index in [1.165, 1.54) is 5.56 Å². The van der Waals surface area contributed by atoms with Crippen LogP contribution in [0.15, 0.2) is 42.6 Å². The molecule has 3 nitrogen and oxygen atoms in total. The normalized spacial score (nSPS) is 10.2. The molecule has 100 valence electrons. The van der Waals surface area contributed by atoms with E-state index in [1.807, 2.05) is 24.3 Å². The number of nitrogens with one attached hydrogen (secondary N) is 1. The van der Waals surface area contributed by atoms with Crippen molar-refractivity contribution in [1.82, 2.24) is 4.98 Å². The average molecular weight is 256 g/mol. The average Bonchev–Trinajstić information content (AvgIpc) is 2.47. The van der Waals surface area contributed by atoms with Crippen LogP contribution in [0.5, 0.6) is 5.75 Å². The Morgan fingerprint density at radius 3 is 2.84 bits per heavy atom. The van der Waals surface area contributed by atoms with E-state index < -0.39 is 0 Å². The number of hydrogen-bond donors (Lipinski definition) is 1. The number of benzene rings is 1. The number of hydrogen-bond acceptors (Lipinski definition) is 3. The van der Waals surface area contributed by atoms with E-state index in [0.29, 0.717) is 6.61 Å². The van der Waals surface area contributed by atoms with E-state index in [-0.39, 0.29) is 0 Å². The van der Waals surface area contributed by atoms with Gasteiger partial charge in [0.15, 0.2) is 0 Å². The van der Waals surface area contributed by atoms with Gasteiger partial charge >= 0.3 is 0 Å². The highest BCUT2D eigenvalue weighted by molar-refractivity contribution is 5.43. The van der Waals surface area contributed by atoms with Crippen molar-refractivity contribution in [3.8, 4) is 5.75 Å². The van der Waals surface area contributed by atoms with Gasteiger partial charge in [-0.25, -0.2) is 4.98 Å². The predicted octanol–water partition coefficient (Wildman–Crippen LogP) is 3.65. The fraction of sp³-hybridized carbons (Fsp3) is 0.312. The maximum absolute atomic E-state index is 5.84. The molecule has 0 unspecified atom stereocenters. The van der Waals surface area contributed by atoms with Crippen molar-refractivity contribution in [3.63, 3.8) is 0 Å². The van der Waals surface area contributed by atoms with E-state index in [2.05, 4.69) is 36.3 Å². The molecule has 1 aromatic heterocycles. The Morgan fingerprint density at radius 2 is 2.05 bits per heavy atom. The highest BCUT2D eigenvalue weighted by Gasteiger charge is 2.03. The zero-order chi connectivity index (χ0) is 13.5. The molecule has 0 radical (unpaired) electrons. The third-order valence-electron chi connectivity index (χ3n) is 2.94. The molecule has 2 aromatic rings. The molecule has 1 aromatic carbocycles. The minimum absolute atomic E-state index is 0.531. The fourth-order valence-electron chi connectivity index (χ4n) is 1.90. The minimum atomic E-state index is 0.531. The third-order valence-corrected chi connectivity index (χ3v) is 2.94. The van der Waals surface area contributed by atoms with Gasteiger partial charge < -0.3 is 10.1 Å². The van der Waals surface area contributed by atoms with Crippen LogP contribution in [0.2, 0.25) is 0 Å². The first-order valence-corrected chi connectivity index (χ1v) is 6.73. The minimum Gasteiger partial charge on any atom is -0.489 e. The molecule has 0 saturated heterocycles. The van der Waals surface area contributed by atoms with Crippen LogP contribution >= 0.6 is 0 Å². The molecular formula is C16H20N2O. The van der Waals surface area contributed by atoms with Crippen LogP contribution in [0.1, 0.15) is 25.0 Å². The maximum atomic E-state index is 5.84. The summed E-state index contributed by atoms with van der Waals surface area (Å²) in [5.41, 5.74) is 2.36.